The van der Waals surface area contributed by atoms with Crippen molar-refractivity contribution in [3.05, 3.63) is 33.9 Å². The van der Waals surface area contributed by atoms with Gasteiger partial charge in [-0.15, -0.1) is 0 Å². The van der Waals surface area contributed by atoms with E-state index < -0.39 is 28.4 Å². The van der Waals surface area contributed by atoms with Crippen LogP contribution in [0, 0.1) is 16.0 Å². The zero-order valence-electron chi connectivity index (χ0n) is 13.6. The van der Waals surface area contributed by atoms with Crippen LogP contribution in [0.1, 0.15) is 32.8 Å². The lowest BCUT2D eigenvalue weighted by molar-refractivity contribution is -0.384. The molecule has 0 fully saturated rings. The summed E-state index contributed by atoms with van der Waals surface area (Å²) in [5, 5.41) is 16.3. The molecule has 24 heavy (non-hydrogen) atoms. The van der Waals surface area contributed by atoms with Gasteiger partial charge >= 0.3 is 6.18 Å². The highest BCUT2D eigenvalue weighted by Gasteiger charge is 2.33. The third-order valence-corrected chi connectivity index (χ3v) is 3.31. The summed E-state index contributed by atoms with van der Waals surface area (Å²) in [7, 11) is 0. The Morgan fingerprint density at radius 1 is 1.29 bits per heavy atom. The molecule has 1 amide bonds. The fraction of sp³-hybridized carbons (Fsp3) is 0.533. The maximum Gasteiger partial charge on any atom is 0.416 e. The van der Waals surface area contributed by atoms with Crippen LogP contribution in [0.3, 0.4) is 0 Å². The van der Waals surface area contributed by atoms with E-state index >= 15 is 0 Å². The molecule has 1 aromatic carbocycles. The molecule has 0 heterocycles. The number of carbonyl (C=O) groups is 1. The lowest BCUT2D eigenvalue weighted by atomic mass is 10.1. The number of rotatable bonds is 7. The number of nitrogens with one attached hydrogen (secondary N) is 2. The molecule has 9 heteroatoms. The van der Waals surface area contributed by atoms with E-state index in [2.05, 4.69) is 10.6 Å². The molecule has 0 saturated heterocycles. The molecule has 0 saturated carbocycles. The summed E-state index contributed by atoms with van der Waals surface area (Å²) in [5.41, 5.74) is -1.99. The molecule has 0 radical (unpaired) electrons. The SMILES string of the molecule is CC(C)CCNC(=O)[C@H](C)Nc1ccc(C(F)(F)F)cc1[N+](=O)[O-]. The first-order valence-electron chi connectivity index (χ1n) is 7.42. The van der Waals surface area contributed by atoms with Gasteiger partial charge in [0.1, 0.15) is 11.7 Å². The van der Waals surface area contributed by atoms with Gasteiger partial charge in [0.15, 0.2) is 0 Å². The molecule has 0 aliphatic carbocycles. The minimum absolute atomic E-state index is 0.139. The zero-order valence-corrected chi connectivity index (χ0v) is 13.6. The van der Waals surface area contributed by atoms with E-state index in [1.807, 2.05) is 13.8 Å². The Labute approximate surface area is 137 Å². The molecular weight excluding hydrogens is 327 g/mol. The molecule has 0 spiro atoms. The number of benzene rings is 1. The van der Waals surface area contributed by atoms with Gasteiger partial charge < -0.3 is 10.6 Å². The molecule has 0 aromatic heterocycles. The van der Waals surface area contributed by atoms with Crippen molar-refractivity contribution in [1.29, 1.82) is 0 Å². The second kappa shape index (κ2) is 7.98. The Morgan fingerprint density at radius 2 is 1.92 bits per heavy atom. The number of carbonyl (C=O) groups excluding carboxylic acids is 1. The van der Waals surface area contributed by atoms with Crippen LogP contribution in [0.4, 0.5) is 24.5 Å². The summed E-state index contributed by atoms with van der Waals surface area (Å²) in [6, 6.07) is 1.32. The quantitative estimate of drug-likeness (QED) is 0.583. The van der Waals surface area contributed by atoms with Gasteiger partial charge in [-0.25, -0.2) is 0 Å². The highest BCUT2D eigenvalue weighted by molar-refractivity contribution is 5.85. The second-order valence-electron chi connectivity index (χ2n) is 5.83. The minimum Gasteiger partial charge on any atom is -0.368 e. The summed E-state index contributed by atoms with van der Waals surface area (Å²) in [5.74, 6) is 0.0226. The van der Waals surface area contributed by atoms with Crippen LogP contribution in [0.5, 0.6) is 0 Å². The Hall–Kier alpha value is -2.32. The molecule has 0 bridgehead atoms. The van der Waals surface area contributed by atoms with E-state index in [1.54, 1.807) is 0 Å². The van der Waals surface area contributed by atoms with Gasteiger partial charge in [-0.1, -0.05) is 13.8 Å². The van der Waals surface area contributed by atoms with Gasteiger partial charge in [0.25, 0.3) is 5.69 Å². The van der Waals surface area contributed by atoms with Crippen LogP contribution in [0.25, 0.3) is 0 Å². The number of nitrogens with zero attached hydrogens (tertiary/aromatic N) is 1. The molecule has 1 aromatic rings. The Balaban J connectivity index is 2.86. The largest absolute Gasteiger partial charge is 0.416 e. The van der Waals surface area contributed by atoms with E-state index in [9.17, 15) is 28.1 Å². The van der Waals surface area contributed by atoms with Crippen LogP contribution < -0.4 is 10.6 Å². The number of alkyl halides is 3. The van der Waals surface area contributed by atoms with Crippen molar-refractivity contribution in [1.82, 2.24) is 5.32 Å². The normalized spacial score (nSPS) is 12.8. The average molecular weight is 347 g/mol. The van der Waals surface area contributed by atoms with Crippen LogP contribution >= 0.6 is 0 Å². The number of nitro groups is 1. The fourth-order valence-corrected chi connectivity index (χ4v) is 1.92. The van der Waals surface area contributed by atoms with E-state index in [0.29, 0.717) is 18.5 Å². The predicted octanol–water partition coefficient (Wildman–Crippen LogP) is 3.58. The summed E-state index contributed by atoms with van der Waals surface area (Å²) in [6.45, 7) is 5.93. The number of hydrogen-bond acceptors (Lipinski definition) is 4. The summed E-state index contributed by atoms with van der Waals surface area (Å²) in [6.07, 6.45) is -3.90. The molecule has 6 nitrogen and oxygen atoms in total. The maximum absolute atomic E-state index is 12.7. The molecule has 134 valence electrons. The van der Waals surface area contributed by atoms with Crippen LogP contribution in [0.15, 0.2) is 18.2 Å². The first-order valence-corrected chi connectivity index (χ1v) is 7.42. The maximum atomic E-state index is 12.7. The van der Waals surface area contributed by atoms with Crippen LogP contribution in [-0.4, -0.2) is 23.4 Å². The Kier molecular flexibility index (Phi) is 6.56. The Bertz CT molecular complexity index is 603. The van der Waals surface area contributed by atoms with Gasteiger partial charge in [0, 0.05) is 12.6 Å². The molecule has 2 N–H and O–H groups in total. The number of nitro benzene ring substituents is 1. The van der Waals surface area contributed by atoms with Crippen molar-refractivity contribution in [2.75, 3.05) is 11.9 Å². The molecular formula is C15H20F3N3O3. The predicted molar refractivity (Wildman–Crippen MR) is 83.6 cm³/mol. The second-order valence-corrected chi connectivity index (χ2v) is 5.83. The highest BCUT2D eigenvalue weighted by atomic mass is 19.4. The summed E-state index contributed by atoms with van der Waals surface area (Å²) >= 11 is 0. The van der Waals surface area contributed by atoms with E-state index in [-0.39, 0.29) is 11.6 Å². The van der Waals surface area contributed by atoms with Crippen molar-refractivity contribution in [2.45, 2.75) is 39.4 Å². The lowest BCUT2D eigenvalue weighted by Gasteiger charge is -2.16. The van der Waals surface area contributed by atoms with Gasteiger partial charge in [-0.05, 0) is 31.4 Å². The van der Waals surface area contributed by atoms with Crippen LogP contribution in [-0.2, 0) is 11.0 Å². The van der Waals surface area contributed by atoms with E-state index in [1.165, 1.54) is 6.92 Å². The average Bonchev–Trinajstić information content (AvgIpc) is 2.45. The monoisotopic (exact) mass is 347 g/mol. The van der Waals surface area contributed by atoms with E-state index in [0.717, 1.165) is 18.6 Å². The van der Waals surface area contributed by atoms with Crippen molar-refractivity contribution in [2.24, 2.45) is 5.92 Å². The van der Waals surface area contributed by atoms with E-state index in [4.69, 9.17) is 0 Å². The first kappa shape index (κ1) is 19.7. The highest BCUT2D eigenvalue weighted by Crippen LogP contribution is 2.35. The minimum atomic E-state index is -4.68. The van der Waals surface area contributed by atoms with Crippen molar-refractivity contribution < 1.29 is 22.9 Å². The lowest BCUT2D eigenvalue weighted by Crippen LogP contribution is -2.38. The number of anilines is 1. The van der Waals surface area contributed by atoms with Gasteiger partial charge in [-0.3, -0.25) is 14.9 Å². The fourth-order valence-electron chi connectivity index (χ4n) is 1.92. The van der Waals surface area contributed by atoms with Gasteiger partial charge in [0.05, 0.1) is 10.5 Å². The first-order chi connectivity index (χ1) is 11.0. The van der Waals surface area contributed by atoms with Crippen molar-refractivity contribution >= 4 is 17.3 Å². The smallest absolute Gasteiger partial charge is 0.368 e. The third-order valence-electron chi connectivity index (χ3n) is 3.31. The van der Waals surface area contributed by atoms with Gasteiger partial charge in [0.2, 0.25) is 5.91 Å². The van der Waals surface area contributed by atoms with Crippen molar-refractivity contribution in [3.8, 4) is 0 Å². The molecule has 0 aliphatic rings. The topological polar surface area (TPSA) is 84.3 Å². The molecule has 1 atom stereocenters. The van der Waals surface area contributed by atoms with Crippen LogP contribution in [0.2, 0.25) is 0 Å². The van der Waals surface area contributed by atoms with Gasteiger partial charge in [-0.2, -0.15) is 13.2 Å². The van der Waals surface area contributed by atoms with Crippen molar-refractivity contribution in [3.63, 3.8) is 0 Å². The third kappa shape index (κ3) is 5.71. The number of amides is 1. The molecule has 0 unspecified atom stereocenters. The standard InChI is InChI=1S/C15H20F3N3O3/c1-9(2)6-7-19-14(22)10(3)20-12-5-4-11(15(16,17)18)8-13(12)21(23)24/h4-5,8-10,20H,6-7H2,1-3H3,(H,19,22)/t10-/m0/s1. The summed E-state index contributed by atoms with van der Waals surface area (Å²) < 4.78 is 38.0. The summed E-state index contributed by atoms with van der Waals surface area (Å²) in [4.78, 5) is 22.0. The number of halogens is 3. The number of hydrogen-bond donors (Lipinski definition) is 2. The molecule has 0 aliphatic heterocycles. The molecule has 1 rings (SSSR count). The Morgan fingerprint density at radius 3 is 2.42 bits per heavy atom. The zero-order chi connectivity index (χ0) is 18.5.